The van der Waals surface area contributed by atoms with Gasteiger partial charge in [0.05, 0.1) is 0 Å². The maximum Gasteiger partial charge on any atom is 0.148 e. The predicted octanol–water partition coefficient (Wildman–Crippen LogP) is 2.17. The molecule has 4 N–H and O–H groups in total. The summed E-state index contributed by atoms with van der Waals surface area (Å²) in [6.45, 7) is 5.42. The number of hydrogen-bond acceptors (Lipinski definition) is 5. The van der Waals surface area contributed by atoms with Crippen molar-refractivity contribution < 1.29 is 0 Å². The highest BCUT2D eigenvalue weighted by Gasteiger charge is 2.23. The van der Waals surface area contributed by atoms with Crippen LogP contribution < -0.4 is 16.6 Å². The number of aromatic nitrogens is 2. The number of hydrogen-bond donors (Lipinski definition) is 3. The normalized spacial score (nSPS) is 23.1. The zero-order chi connectivity index (χ0) is 13.0. The summed E-state index contributed by atoms with van der Waals surface area (Å²) in [5.74, 6) is 8.68. The second-order valence-electron chi connectivity index (χ2n) is 5.10. The fourth-order valence-electron chi connectivity index (χ4n) is 2.78. The molecule has 2 atom stereocenters. The lowest BCUT2D eigenvalue weighted by Crippen LogP contribution is -2.19. The average Bonchev–Trinajstić information content (AvgIpc) is 2.81. The van der Waals surface area contributed by atoms with E-state index in [4.69, 9.17) is 5.84 Å². The van der Waals surface area contributed by atoms with Gasteiger partial charge in [0.25, 0.3) is 0 Å². The van der Waals surface area contributed by atoms with Crippen LogP contribution in [0.3, 0.4) is 0 Å². The molecule has 0 bridgehead atoms. The smallest absolute Gasteiger partial charge is 0.148 e. The zero-order valence-corrected chi connectivity index (χ0v) is 11.2. The fourth-order valence-corrected chi connectivity index (χ4v) is 2.78. The van der Waals surface area contributed by atoms with E-state index < -0.39 is 0 Å². The SMILES string of the molecule is CCc1c(NN)ncnc1NCC1CCCC1C. The first-order valence-electron chi connectivity index (χ1n) is 6.80. The molecule has 5 heteroatoms. The van der Waals surface area contributed by atoms with Crippen LogP contribution >= 0.6 is 0 Å². The number of anilines is 2. The van der Waals surface area contributed by atoms with Gasteiger partial charge in [-0.05, 0) is 24.7 Å². The second kappa shape index (κ2) is 6.00. The third-order valence-electron chi connectivity index (χ3n) is 4.01. The summed E-state index contributed by atoms with van der Waals surface area (Å²) in [5.41, 5.74) is 3.69. The molecule has 1 saturated carbocycles. The van der Waals surface area contributed by atoms with Gasteiger partial charge in [0.15, 0.2) is 0 Å². The van der Waals surface area contributed by atoms with E-state index in [0.717, 1.165) is 42.0 Å². The van der Waals surface area contributed by atoms with E-state index in [0.29, 0.717) is 0 Å². The minimum absolute atomic E-state index is 0.717. The van der Waals surface area contributed by atoms with Gasteiger partial charge < -0.3 is 10.7 Å². The van der Waals surface area contributed by atoms with Gasteiger partial charge in [-0.25, -0.2) is 15.8 Å². The summed E-state index contributed by atoms with van der Waals surface area (Å²) in [4.78, 5) is 8.46. The number of nitrogens with one attached hydrogen (secondary N) is 2. The van der Waals surface area contributed by atoms with Gasteiger partial charge in [-0.3, -0.25) is 0 Å². The van der Waals surface area contributed by atoms with E-state index in [2.05, 4.69) is 34.6 Å². The van der Waals surface area contributed by atoms with E-state index in [1.54, 1.807) is 6.33 Å². The molecule has 18 heavy (non-hydrogen) atoms. The third kappa shape index (κ3) is 2.72. The molecule has 2 rings (SSSR count). The van der Waals surface area contributed by atoms with Crippen LogP contribution in [-0.4, -0.2) is 16.5 Å². The van der Waals surface area contributed by atoms with Crippen LogP contribution in [0.25, 0.3) is 0 Å². The summed E-state index contributed by atoms with van der Waals surface area (Å²) in [5, 5.41) is 3.46. The van der Waals surface area contributed by atoms with Gasteiger partial charge in [-0.15, -0.1) is 0 Å². The summed E-state index contributed by atoms with van der Waals surface area (Å²) in [7, 11) is 0. The number of nitrogens with two attached hydrogens (primary N) is 1. The Balaban J connectivity index is 2.04. The van der Waals surface area contributed by atoms with Crippen LogP contribution in [0.1, 0.15) is 38.7 Å². The van der Waals surface area contributed by atoms with Crippen LogP contribution in [-0.2, 0) is 6.42 Å². The van der Waals surface area contributed by atoms with Crippen molar-refractivity contribution >= 4 is 11.6 Å². The van der Waals surface area contributed by atoms with Crippen molar-refractivity contribution in [1.82, 2.24) is 9.97 Å². The maximum atomic E-state index is 5.47. The van der Waals surface area contributed by atoms with Gasteiger partial charge in [0, 0.05) is 12.1 Å². The molecule has 0 aromatic carbocycles. The first-order chi connectivity index (χ1) is 8.76. The molecule has 0 aliphatic heterocycles. The number of hydrazine groups is 1. The Morgan fingerprint density at radius 3 is 2.72 bits per heavy atom. The maximum absolute atomic E-state index is 5.47. The molecule has 1 fully saturated rings. The Bertz CT molecular complexity index is 393. The standard InChI is InChI=1S/C13H23N5/c1-3-11-12(16-8-17-13(11)18-14)15-7-10-6-4-5-9(10)2/h8-10H,3-7,14H2,1-2H3,(H2,15,16,17,18). The van der Waals surface area contributed by atoms with Gasteiger partial charge in [-0.2, -0.15) is 0 Å². The molecule has 1 aliphatic carbocycles. The monoisotopic (exact) mass is 249 g/mol. The minimum atomic E-state index is 0.717. The van der Waals surface area contributed by atoms with Crippen molar-refractivity contribution in [3.8, 4) is 0 Å². The molecule has 2 unspecified atom stereocenters. The molecule has 1 heterocycles. The summed E-state index contributed by atoms with van der Waals surface area (Å²) in [6.07, 6.45) is 6.44. The topological polar surface area (TPSA) is 75.9 Å². The van der Waals surface area contributed by atoms with Gasteiger partial charge in [0.1, 0.15) is 18.0 Å². The lowest BCUT2D eigenvalue weighted by molar-refractivity contribution is 0.439. The van der Waals surface area contributed by atoms with Gasteiger partial charge in [-0.1, -0.05) is 26.7 Å². The third-order valence-corrected chi connectivity index (χ3v) is 4.01. The first kappa shape index (κ1) is 13.1. The average molecular weight is 249 g/mol. The van der Waals surface area contributed by atoms with E-state index in [1.165, 1.54) is 19.3 Å². The molecule has 5 nitrogen and oxygen atoms in total. The van der Waals surface area contributed by atoms with Crippen LogP contribution in [0.2, 0.25) is 0 Å². The molecule has 0 radical (unpaired) electrons. The number of rotatable bonds is 5. The molecule has 100 valence electrons. The lowest BCUT2D eigenvalue weighted by atomic mass is 9.98. The first-order valence-corrected chi connectivity index (χ1v) is 6.80. The van der Waals surface area contributed by atoms with Crippen molar-refractivity contribution in [1.29, 1.82) is 0 Å². The fraction of sp³-hybridized carbons (Fsp3) is 0.692. The molecular formula is C13H23N5. The molecule has 1 aromatic heterocycles. The van der Waals surface area contributed by atoms with Crippen LogP contribution in [0.5, 0.6) is 0 Å². The van der Waals surface area contributed by atoms with Crippen molar-refractivity contribution in [3.05, 3.63) is 11.9 Å². The summed E-state index contributed by atoms with van der Waals surface area (Å²) in [6, 6.07) is 0. The van der Waals surface area contributed by atoms with E-state index in [1.807, 2.05) is 0 Å². The van der Waals surface area contributed by atoms with Crippen molar-refractivity contribution in [2.45, 2.75) is 39.5 Å². The Kier molecular flexibility index (Phi) is 4.36. The Labute approximate surface area is 109 Å². The minimum Gasteiger partial charge on any atom is -0.369 e. The van der Waals surface area contributed by atoms with Crippen molar-refractivity contribution in [2.75, 3.05) is 17.3 Å². The quantitative estimate of drug-likeness (QED) is 0.551. The Morgan fingerprint density at radius 2 is 2.11 bits per heavy atom. The van der Waals surface area contributed by atoms with Crippen LogP contribution in [0.15, 0.2) is 6.33 Å². The highest BCUT2D eigenvalue weighted by atomic mass is 15.3. The van der Waals surface area contributed by atoms with Gasteiger partial charge >= 0.3 is 0 Å². The van der Waals surface area contributed by atoms with E-state index >= 15 is 0 Å². The molecule has 0 spiro atoms. The van der Waals surface area contributed by atoms with Crippen LogP contribution in [0, 0.1) is 11.8 Å². The van der Waals surface area contributed by atoms with Crippen molar-refractivity contribution in [2.24, 2.45) is 17.7 Å². The zero-order valence-electron chi connectivity index (χ0n) is 11.2. The van der Waals surface area contributed by atoms with E-state index in [9.17, 15) is 0 Å². The largest absolute Gasteiger partial charge is 0.369 e. The molecule has 1 aliphatic rings. The molecule has 1 aromatic rings. The van der Waals surface area contributed by atoms with Crippen LogP contribution in [0.4, 0.5) is 11.6 Å². The molecular weight excluding hydrogens is 226 g/mol. The number of nitrogen functional groups attached to an aromatic ring is 1. The van der Waals surface area contributed by atoms with Gasteiger partial charge in [0.2, 0.25) is 0 Å². The lowest BCUT2D eigenvalue weighted by Gasteiger charge is -2.18. The highest BCUT2D eigenvalue weighted by molar-refractivity contribution is 5.56. The molecule has 0 saturated heterocycles. The second-order valence-corrected chi connectivity index (χ2v) is 5.10. The predicted molar refractivity (Wildman–Crippen MR) is 74.2 cm³/mol. The number of nitrogens with zero attached hydrogens (tertiary/aromatic N) is 2. The highest BCUT2D eigenvalue weighted by Crippen LogP contribution is 2.31. The summed E-state index contributed by atoms with van der Waals surface area (Å²) >= 11 is 0. The van der Waals surface area contributed by atoms with Crippen molar-refractivity contribution in [3.63, 3.8) is 0 Å². The Hall–Kier alpha value is -1.36. The van der Waals surface area contributed by atoms with E-state index in [-0.39, 0.29) is 0 Å². The molecule has 0 amide bonds. The Morgan fingerprint density at radius 1 is 1.33 bits per heavy atom. The summed E-state index contributed by atoms with van der Waals surface area (Å²) < 4.78 is 0.